The van der Waals surface area contributed by atoms with Crippen molar-refractivity contribution in [1.29, 1.82) is 0 Å². The third-order valence-corrected chi connectivity index (χ3v) is 12.4. The molecule has 0 saturated carbocycles. The van der Waals surface area contributed by atoms with Gasteiger partial charge in [-0.15, -0.1) is 0 Å². The molecule has 0 atom stereocenters. The van der Waals surface area contributed by atoms with Crippen molar-refractivity contribution in [3.63, 3.8) is 0 Å². The molecule has 0 bridgehead atoms. The van der Waals surface area contributed by atoms with Gasteiger partial charge in [0.25, 0.3) is 0 Å². The van der Waals surface area contributed by atoms with Gasteiger partial charge in [-0.05, 0) is 71.8 Å². The van der Waals surface area contributed by atoms with E-state index in [-0.39, 0.29) is 0 Å². The molecule has 63 heavy (non-hydrogen) atoms. The van der Waals surface area contributed by atoms with Gasteiger partial charge in [0.05, 0.1) is 27.8 Å². The van der Waals surface area contributed by atoms with E-state index in [2.05, 4.69) is 191 Å². The second-order valence-corrected chi connectivity index (χ2v) is 16.0. The molecule has 0 saturated heterocycles. The summed E-state index contributed by atoms with van der Waals surface area (Å²) in [5.41, 5.74) is 13.2. The van der Waals surface area contributed by atoms with Crippen LogP contribution in [0, 0.1) is 0 Å². The van der Waals surface area contributed by atoms with Gasteiger partial charge in [0.15, 0.2) is 17.5 Å². The summed E-state index contributed by atoms with van der Waals surface area (Å²) in [7, 11) is 0. The standard InChI is InChI=1S/C57H35N5O/c1-3-15-36(16-4-1)37-17-13-18-38(33-37)55-58-56(60-57(59-55)40-30-32-46-45-23-9-12-28-52(45)63-53(46)35-40)39-29-31-44-42-21-7-11-26-49(42)62(51(44)34-39)50-27-14-24-47-43-22-8-10-25-48(43)61(54(47)50)41-19-5-2-6-20-41/h1-35H. The van der Waals surface area contributed by atoms with E-state index in [1.165, 1.54) is 16.2 Å². The Morgan fingerprint density at radius 2 is 0.810 bits per heavy atom. The van der Waals surface area contributed by atoms with E-state index in [4.69, 9.17) is 19.4 Å². The van der Waals surface area contributed by atoms with Crippen molar-refractivity contribution < 1.29 is 4.42 Å². The highest BCUT2D eigenvalue weighted by atomic mass is 16.3. The summed E-state index contributed by atoms with van der Waals surface area (Å²) in [5.74, 6) is 1.75. The number of fused-ring (bicyclic) bond motifs is 9. The lowest BCUT2D eigenvalue weighted by atomic mass is 10.0. The monoisotopic (exact) mass is 805 g/mol. The van der Waals surface area contributed by atoms with E-state index in [1.807, 2.05) is 30.3 Å². The fraction of sp³-hybridized carbons (Fsp3) is 0. The molecule has 4 aromatic heterocycles. The molecule has 13 aromatic rings. The van der Waals surface area contributed by atoms with Gasteiger partial charge < -0.3 is 13.6 Å². The molecule has 6 nitrogen and oxygen atoms in total. The van der Waals surface area contributed by atoms with Crippen molar-refractivity contribution in [2.45, 2.75) is 0 Å². The van der Waals surface area contributed by atoms with Crippen molar-refractivity contribution in [3.8, 4) is 56.7 Å². The molecule has 4 heterocycles. The molecule has 6 heteroatoms. The molecule has 0 aliphatic rings. The first kappa shape index (κ1) is 35.2. The molecule has 0 unspecified atom stereocenters. The molecule has 0 fully saturated rings. The average molecular weight is 806 g/mol. The molecule has 0 amide bonds. The lowest BCUT2D eigenvalue weighted by molar-refractivity contribution is 0.669. The maximum Gasteiger partial charge on any atom is 0.164 e. The average Bonchev–Trinajstić information content (AvgIpc) is 4.02. The highest BCUT2D eigenvalue weighted by molar-refractivity contribution is 6.15. The fourth-order valence-corrected chi connectivity index (χ4v) is 9.49. The summed E-state index contributed by atoms with van der Waals surface area (Å²) in [6, 6.07) is 74.5. The molecule has 0 radical (unpaired) electrons. The maximum absolute atomic E-state index is 6.35. The van der Waals surface area contributed by atoms with E-state index >= 15 is 0 Å². The van der Waals surface area contributed by atoms with Gasteiger partial charge in [0, 0.05) is 54.7 Å². The van der Waals surface area contributed by atoms with Crippen LogP contribution >= 0.6 is 0 Å². The van der Waals surface area contributed by atoms with Crippen LogP contribution in [0.15, 0.2) is 217 Å². The summed E-state index contributed by atoms with van der Waals surface area (Å²) in [4.78, 5) is 15.7. The summed E-state index contributed by atoms with van der Waals surface area (Å²) in [6.07, 6.45) is 0. The minimum absolute atomic E-state index is 0.570. The Morgan fingerprint density at radius 1 is 0.302 bits per heavy atom. The van der Waals surface area contributed by atoms with E-state index in [9.17, 15) is 0 Å². The van der Waals surface area contributed by atoms with Crippen molar-refractivity contribution in [2.75, 3.05) is 0 Å². The molecule has 13 rings (SSSR count). The van der Waals surface area contributed by atoms with Gasteiger partial charge in [-0.25, -0.2) is 15.0 Å². The Labute approximate surface area is 361 Å². The fourth-order valence-electron chi connectivity index (χ4n) is 9.49. The third-order valence-electron chi connectivity index (χ3n) is 12.4. The molecule has 0 spiro atoms. The van der Waals surface area contributed by atoms with Gasteiger partial charge in [0.2, 0.25) is 0 Å². The Kier molecular flexibility index (Phi) is 7.80. The molecule has 294 valence electrons. The van der Waals surface area contributed by atoms with Crippen LogP contribution < -0.4 is 0 Å². The normalized spacial score (nSPS) is 11.8. The van der Waals surface area contributed by atoms with Gasteiger partial charge in [-0.1, -0.05) is 152 Å². The highest BCUT2D eigenvalue weighted by Gasteiger charge is 2.22. The smallest absolute Gasteiger partial charge is 0.164 e. The SMILES string of the molecule is c1ccc(-c2cccc(-c3nc(-c4ccc5c(c4)oc4ccccc45)nc(-c4ccc5c6ccccc6n(-c6cccc7c8ccccc8n(-c8ccccc8)c67)c5c4)n3)c2)cc1. The van der Waals surface area contributed by atoms with E-state index in [1.54, 1.807) is 0 Å². The zero-order valence-electron chi connectivity index (χ0n) is 33.9. The highest BCUT2D eigenvalue weighted by Crippen LogP contribution is 2.41. The predicted octanol–water partition coefficient (Wildman–Crippen LogP) is 14.6. The zero-order valence-corrected chi connectivity index (χ0v) is 33.9. The molecule has 0 N–H and O–H groups in total. The Hall–Kier alpha value is -8.61. The zero-order chi connectivity index (χ0) is 41.4. The molecule has 0 aliphatic carbocycles. The van der Waals surface area contributed by atoms with Crippen molar-refractivity contribution >= 4 is 65.6 Å². The first-order valence-corrected chi connectivity index (χ1v) is 21.2. The second kappa shape index (κ2) is 14.0. The number of nitrogens with zero attached hydrogens (tertiary/aromatic N) is 5. The first-order valence-electron chi connectivity index (χ1n) is 21.2. The van der Waals surface area contributed by atoms with Gasteiger partial charge in [-0.2, -0.15) is 0 Å². The van der Waals surface area contributed by atoms with Crippen molar-refractivity contribution in [2.24, 2.45) is 0 Å². The predicted molar refractivity (Wildman–Crippen MR) is 258 cm³/mol. The van der Waals surface area contributed by atoms with Crippen LogP contribution in [0.2, 0.25) is 0 Å². The van der Waals surface area contributed by atoms with E-state index in [0.717, 1.165) is 88.6 Å². The number of hydrogen-bond donors (Lipinski definition) is 0. The third kappa shape index (κ3) is 5.62. The Morgan fingerprint density at radius 3 is 1.57 bits per heavy atom. The molecule has 9 aromatic carbocycles. The summed E-state index contributed by atoms with van der Waals surface area (Å²) >= 11 is 0. The van der Waals surface area contributed by atoms with Crippen LogP contribution in [0.3, 0.4) is 0 Å². The lowest BCUT2D eigenvalue weighted by Gasteiger charge is -2.14. The number of para-hydroxylation sites is 5. The van der Waals surface area contributed by atoms with Crippen LogP contribution in [0.4, 0.5) is 0 Å². The maximum atomic E-state index is 6.35. The molecular formula is C57H35N5O. The number of hydrogen-bond acceptors (Lipinski definition) is 4. The summed E-state index contributed by atoms with van der Waals surface area (Å²) < 4.78 is 11.2. The number of furan rings is 1. The largest absolute Gasteiger partial charge is 0.456 e. The van der Waals surface area contributed by atoms with Crippen LogP contribution in [-0.4, -0.2) is 24.1 Å². The van der Waals surface area contributed by atoms with Gasteiger partial charge in [-0.3, -0.25) is 0 Å². The van der Waals surface area contributed by atoms with E-state index in [0.29, 0.717) is 17.5 Å². The lowest BCUT2D eigenvalue weighted by Crippen LogP contribution is -2.02. The second-order valence-electron chi connectivity index (χ2n) is 16.0. The Balaban J connectivity index is 1.05. The van der Waals surface area contributed by atoms with Gasteiger partial charge in [0.1, 0.15) is 11.2 Å². The minimum Gasteiger partial charge on any atom is -0.456 e. The topological polar surface area (TPSA) is 61.7 Å². The summed E-state index contributed by atoms with van der Waals surface area (Å²) in [5, 5.41) is 6.86. The van der Waals surface area contributed by atoms with Crippen LogP contribution in [0.25, 0.3) is 122 Å². The minimum atomic E-state index is 0.570. The number of aromatic nitrogens is 5. The van der Waals surface area contributed by atoms with Crippen LogP contribution in [0.1, 0.15) is 0 Å². The van der Waals surface area contributed by atoms with E-state index < -0.39 is 0 Å². The van der Waals surface area contributed by atoms with Crippen molar-refractivity contribution in [3.05, 3.63) is 212 Å². The molecule has 0 aliphatic heterocycles. The van der Waals surface area contributed by atoms with Crippen LogP contribution in [-0.2, 0) is 0 Å². The van der Waals surface area contributed by atoms with Crippen molar-refractivity contribution in [1.82, 2.24) is 24.1 Å². The molecular weight excluding hydrogens is 771 g/mol. The van der Waals surface area contributed by atoms with Gasteiger partial charge >= 0.3 is 0 Å². The number of benzene rings is 9. The van der Waals surface area contributed by atoms with Crippen LogP contribution in [0.5, 0.6) is 0 Å². The number of rotatable bonds is 6. The first-order chi connectivity index (χ1) is 31.2. The summed E-state index contributed by atoms with van der Waals surface area (Å²) in [6.45, 7) is 0. The Bertz CT molecular complexity index is 3920. The quantitative estimate of drug-likeness (QED) is 0.168.